The van der Waals surface area contributed by atoms with Crippen LogP contribution in [0.5, 0.6) is 0 Å². The number of nitrogens with zero attached hydrogens (tertiary/aromatic N) is 2. The number of aromatic nitrogens is 2. The smallest absolute Gasteiger partial charge is 0.316 e. The highest BCUT2D eigenvalue weighted by atomic mass is 16.5. The van der Waals surface area contributed by atoms with E-state index in [9.17, 15) is 4.79 Å². The first-order valence-electron chi connectivity index (χ1n) is 10.7. The molecule has 0 spiro atoms. The van der Waals surface area contributed by atoms with Crippen LogP contribution < -0.4 is 11.1 Å². The Morgan fingerprint density at radius 2 is 1.68 bits per heavy atom. The maximum atomic E-state index is 11.9. The molecule has 28 heavy (non-hydrogen) atoms. The molecule has 2 rings (SSSR count). The molecule has 0 aliphatic carbocycles. The molecule has 0 atom stereocenters. The summed E-state index contributed by atoms with van der Waals surface area (Å²) in [5.74, 6) is 0.0520. The second kappa shape index (κ2) is 13.0. The maximum absolute atomic E-state index is 11.9. The van der Waals surface area contributed by atoms with Crippen molar-refractivity contribution in [3.63, 3.8) is 0 Å². The second-order valence-corrected chi connectivity index (χ2v) is 7.24. The van der Waals surface area contributed by atoms with Gasteiger partial charge in [-0.05, 0) is 31.4 Å². The Balaban J connectivity index is 1.73. The van der Waals surface area contributed by atoms with Gasteiger partial charge in [-0.15, -0.1) is 0 Å². The Morgan fingerprint density at radius 3 is 2.36 bits per heavy atom. The molecule has 1 aromatic heterocycles. The van der Waals surface area contributed by atoms with Crippen molar-refractivity contribution in [2.24, 2.45) is 5.73 Å². The van der Waals surface area contributed by atoms with Gasteiger partial charge in [0, 0.05) is 12.1 Å². The standard InChI is InChI=1S/C22H34N4O2/c1-2-3-4-5-6-7-8-9-11-18-12-14-19(15-13-18)20-25-22(28-26-20)21(27)24-17-10-16-23/h12-15H,2-11,16-17,23H2,1H3,(H,24,27). The summed E-state index contributed by atoms with van der Waals surface area (Å²) in [7, 11) is 0. The first kappa shape index (κ1) is 22.1. The van der Waals surface area contributed by atoms with Gasteiger partial charge in [-0.2, -0.15) is 4.98 Å². The van der Waals surface area contributed by atoms with Crippen molar-refractivity contribution in [2.45, 2.75) is 71.1 Å². The molecule has 6 heteroatoms. The number of aryl methyl sites for hydroxylation is 1. The summed E-state index contributed by atoms with van der Waals surface area (Å²) in [6, 6.07) is 8.18. The molecule has 6 nitrogen and oxygen atoms in total. The minimum atomic E-state index is -0.362. The van der Waals surface area contributed by atoms with Crippen molar-refractivity contribution in [3.8, 4) is 11.4 Å². The van der Waals surface area contributed by atoms with Crippen molar-refractivity contribution in [1.82, 2.24) is 15.5 Å². The zero-order chi connectivity index (χ0) is 20.0. The molecule has 1 aromatic carbocycles. The molecule has 1 heterocycles. The van der Waals surface area contributed by atoms with Crippen LogP contribution in [0, 0.1) is 0 Å². The minimum absolute atomic E-state index is 0.0185. The predicted octanol–water partition coefficient (Wildman–Crippen LogP) is 4.50. The number of hydrogen-bond donors (Lipinski definition) is 2. The number of carbonyl (C=O) groups is 1. The normalized spacial score (nSPS) is 10.9. The molecule has 0 saturated carbocycles. The van der Waals surface area contributed by atoms with E-state index in [0.29, 0.717) is 25.3 Å². The molecule has 0 aliphatic heterocycles. The third kappa shape index (κ3) is 7.80. The zero-order valence-corrected chi connectivity index (χ0v) is 17.1. The van der Waals surface area contributed by atoms with E-state index in [1.807, 2.05) is 12.1 Å². The first-order valence-corrected chi connectivity index (χ1v) is 10.7. The Kier molecular flexibility index (Phi) is 10.3. The fraction of sp³-hybridized carbons (Fsp3) is 0.591. The summed E-state index contributed by atoms with van der Waals surface area (Å²) in [5, 5.41) is 6.62. The second-order valence-electron chi connectivity index (χ2n) is 7.24. The van der Waals surface area contributed by atoms with Gasteiger partial charge in [0.25, 0.3) is 0 Å². The van der Waals surface area contributed by atoms with Gasteiger partial charge < -0.3 is 15.6 Å². The van der Waals surface area contributed by atoms with E-state index in [0.717, 1.165) is 12.0 Å². The van der Waals surface area contributed by atoms with Crippen molar-refractivity contribution in [3.05, 3.63) is 35.7 Å². The van der Waals surface area contributed by atoms with Gasteiger partial charge in [0.05, 0.1) is 0 Å². The Morgan fingerprint density at radius 1 is 1.00 bits per heavy atom. The average Bonchev–Trinajstić information content (AvgIpc) is 3.21. The molecule has 3 N–H and O–H groups in total. The van der Waals surface area contributed by atoms with E-state index in [1.165, 1.54) is 56.9 Å². The number of carbonyl (C=O) groups excluding carboxylic acids is 1. The van der Waals surface area contributed by atoms with Crippen LogP contribution in [0.15, 0.2) is 28.8 Å². The highest BCUT2D eigenvalue weighted by Gasteiger charge is 2.15. The molecule has 0 radical (unpaired) electrons. The lowest BCUT2D eigenvalue weighted by Gasteiger charge is -2.03. The SMILES string of the molecule is CCCCCCCCCCc1ccc(-c2noc(C(=O)NCCCN)n2)cc1. The number of hydrogen-bond acceptors (Lipinski definition) is 5. The molecule has 2 aromatic rings. The van der Waals surface area contributed by atoms with E-state index in [4.69, 9.17) is 10.3 Å². The fourth-order valence-corrected chi connectivity index (χ4v) is 3.10. The first-order chi connectivity index (χ1) is 13.7. The third-order valence-corrected chi connectivity index (χ3v) is 4.82. The van der Waals surface area contributed by atoms with Crippen LogP contribution >= 0.6 is 0 Å². The Bertz CT molecular complexity index is 682. The summed E-state index contributed by atoms with van der Waals surface area (Å²) in [6.07, 6.45) is 12.5. The zero-order valence-electron chi connectivity index (χ0n) is 17.1. The van der Waals surface area contributed by atoms with E-state index in [1.54, 1.807) is 0 Å². The van der Waals surface area contributed by atoms with Gasteiger partial charge in [0.15, 0.2) is 0 Å². The summed E-state index contributed by atoms with van der Waals surface area (Å²) in [5.41, 5.74) is 7.58. The highest BCUT2D eigenvalue weighted by molar-refractivity contribution is 5.89. The fourth-order valence-electron chi connectivity index (χ4n) is 3.10. The van der Waals surface area contributed by atoms with Crippen LogP contribution in [0.4, 0.5) is 0 Å². The summed E-state index contributed by atoms with van der Waals surface area (Å²) >= 11 is 0. The molecule has 0 saturated heterocycles. The highest BCUT2D eigenvalue weighted by Crippen LogP contribution is 2.18. The average molecular weight is 387 g/mol. The number of rotatable bonds is 14. The van der Waals surface area contributed by atoms with Gasteiger partial charge in [0.1, 0.15) is 0 Å². The van der Waals surface area contributed by atoms with Crippen molar-refractivity contribution >= 4 is 5.91 Å². The number of benzene rings is 1. The molecule has 0 unspecified atom stereocenters. The Hall–Kier alpha value is -2.21. The van der Waals surface area contributed by atoms with Crippen LogP contribution in [0.3, 0.4) is 0 Å². The number of amides is 1. The van der Waals surface area contributed by atoms with Crippen molar-refractivity contribution < 1.29 is 9.32 Å². The van der Waals surface area contributed by atoms with Crippen LogP contribution in [0.25, 0.3) is 11.4 Å². The van der Waals surface area contributed by atoms with Crippen LogP contribution in [-0.2, 0) is 6.42 Å². The molecule has 0 bridgehead atoms. The van der Waals surface area contributed by atoms with Crippen LogP contribution in [0.1, 0.15) is 81.0 Å². The summed E-state index contributed by atoms with van der Waals surface area (Å²) in [4.78, 5) is 16.1. The molecular formula is C22H34N4O2. The molecule has 0 aliphatic rings. The molecular weight excluding hydrogens is 352 g/mol. The third-order valence-electron chi connectivity index (χ3n) is 4.82. The minimum Gasteiger partial charge on any atom is -0.348 e. The lowest BCUT2D eigenvalue weighted by atomic mass is 10.0. The van der Waals surface area contributed by atoms with Crippen LogP contribution in [0.2, 0.25) is 0 Å². The van der Waals surface area contributed by atoms with Crippen molar-refractivity contribution in [2.75, 3.05) is 13.1 Å². The molecule has 1 amide bonds. The van der Waals surface area contributed by atoms with Gasteiger partial charge in [-0.25, -0.2) is 0 Å². The molecule has 154 valence electrons. The Labute approximate surface area is 168 Å². The number of nitrogens with one attached hydrogen (secondary N) is 1. The van der Waals surface area contributed by atoms with E-state index < -0.39 is 0 Å². The van der Waals surface area contributed by atoms with Gasteiger partial charge in [0.2, 0.25) is 5.82 Å². The largest absolute Gasteiger partial charge is 0.348 e. The van der Waals surface area contributed by atoms with E-state index in [2.05, 4.69) is 34.5 Å². The van der Waals surface area contributed by atoms with E-state index >= 15 is 0 Å². The van der Waals surface area contributed by atoms with Gasteiger partial charge in [-0.1, -0.05) is 81.3 Å². The summed E-state index contributed by atoms with van der Waals surface area (Å²) < 4.78 is 5.06. The number of unbranched alkanes of at least 4 members (excludes halogenated alkanes) is 7. The predicted molar refractivity (Wildman–Crippen MR) is 112 cm³/mol. The lowest BCUT2D eigenvalue weighted by molar-refractivity contribution is 0.0909. The monoisotopic (exact) mass is 386 g/mol. The van der Waals surface area contributed by atoms with E-state index in [-0.39, 0.29) is 11.8 Å². The van der Waals surface area contributed by atoms with Crippen LogP contribution in [-0.4, -0.2) is 29.1 Å². The van der Waals surface area contributed by atoms with Gasteiger partial charge in [-0.3, -0.25) is 4.79 Å². The maximum Gasteiger partial charge on any atom is 0.316 e. The molecule has 0 fully saturated rings. The number of nitrogens with two attached hydrogens (primary N) is 1. The topological polar surface area (TPSA) is 94.0 Å². The van der Waals surface area contributed by atoms with Gasteiger partial charge >= 0.3 is 11.8 Å². The quantitative estimate of drug-likeness (QED) is 0.466. The lowest BCUT2D eigenvalue weighted by Crippen LogP contribution is -2.26. The summed E-state index contributed by atoms with van der Waals surface area (Å²) in [6.45, 7) is 3.28. The van der Waals surface area contributed by atoms with Crippen molar-refractivity contribution in [1.29, 1.82) is 0 Å².